The standard InChI is InChI=1S/C14H30N2O2/c1-4-16(9-13-6-5-7-15-8-13)10-14(17)11-18-12(2)3/h12-15,17H,4-11H2,1-3H3. The molecule has 2 N–H and O–H groups in total. The van der Waals surface area contributed by atoms with Crippen LogP contribution in [0.4, 0.5) is 0 Å². The monoisotopic (exact) mass is 258 g/mol. The van der Waals surface area contributed by atoms with Gasteiger partial charge in [-0.15, -0.1) is 0 Å². The number of hydrogen-bond acceptors (Lipinski definition) is 4. The van der Waals surface area contributed by atoms with Crippen LogP contribution in [0.15, 0.2) is 0 Å². The summed E-state index contributed by atoms with van der Waals surface area (Å²) in [5.74, 6) is 0.733. The average molecular weight is 258 g/mol. The molecule has 1 heterocycles. The minimum Gasteiger partial charge on any atom is -0.389 e. The SMILES string of the molecule is CCN(CC(O)COC(C)C)CC1CCCNC1. The highest BCUT2D eigenvalue weighted by Gasteiger charge is 2.18. The summed E-state index contributed by atoms with van der Waals surface area (Å²) < 4.78 is 5.45. The molecule has 1 saturated heterocycles. The molecule has 2 atom stereocenters. The maximum atomic E-state index is 9.95. The molecule has 18 heavy (non-hydrogen) atoms. The molecular weight excluding hydrogens is 228 g/mol. The van der Waals surface area contributed by atoms with Crippen LogP contribution in [0.3, 0.4) is 0 Å². The highest BCUT2D eigenvalue weighted by atomic mass is 16.5. The second-order valence-electron chi connectivity index (χ2n) is 5.60. The van der Waals surface area contributed by atoms with E-state index in [0.717, 1.165) is 38.6 Å². The van der Waals surface area contributed by atoms with Crippen LogP contribution in [-0.2, 0) is 4.74 Å². The number of aliphatic hydroxyl groups is 1. The first-order chi connectivity index (χ1) is 8.61. The molecule has 1 fully saturated rings. The summed E-state index contributed by atoms with van der Waals surface area (Å²) in [6.45, 7) is 11.7. The van der Waals surface area contributed by atoms with Gasteiger partial charge in [-0.05, 0) is 52.2 Å². The molecule has 2 unspecified atom stereocenters. The number of hydrogen-bond donors (Lipinski definition) is 2. The third-order valence-corrected chi connectivity index (χ3v) is 3.45. The van der Waals surface area contributed by atoms with Gasteiger partial charge in [-0.3, -0.25) is 0 Å². The van der Waals surface area contributed by atoms with Crippen molar-refractivity contribution >= 4 is 0 Å². The fourth-order valence-corrected chi connectivity index (χ4v) is 2.43. The molecule has 0 amide bonds. The molecule has 0 aliphatic carbocycles. The van der Waals surface area contributed by atoms with Gasteiger partial charge in [0.15, 0.2) is 0 Å². The van der Waals surface area contributed by atoms with Crippen molar-refractivity contribution in [1.82, 2.24) is 10.2 Å². The van der Waals surface area contributed by atoms with Crippen LogP contribution >= 0.6 is 0 Å². The van der Waals surface area contributed by atoms with Crippen LogP contribution < -0.4 is 5.32 Å². The zero-order chi connectivity index (χ0) is 13.4. The Hall–Kier alpha value is -0.160. The van der Waals surface area contributed by atoms with Crippen molar-refractivity contribution in [2.75, 3.05) is 39.3 Å². The van der Waals surface area contributed by atoms with Gasteiger partial charge >= 0.3 is 0 Å². The first kappa shape index (κ1) is 15.9. The highest BCUT2D eigenvalue weighted by Crippen LogP contribution is 2.12. The Morgan fingerprint density at radius 1 is 1.44 bits per heavy atom. The molecule has 4 heteroatoms. The number of likely N-dealkylation sites (N-methyl/N-ethyl adjacent to an activating group) is 1. The Morgan fingerprint density at radius 2 is 2.22 bits per heavy atom. The predicted octanol–water partition coefficient (Wildman–Crippen LogP) is 1.09. The lowest BCUT2D eigenvalue weighted by molar-refractivity contribution is -0.00989. The minimum atomic E-state index is -0.371. The van der Waals surface area contributed by atoms with E-state index in [2.05, 4.69) is 17.1 Å². The zero-order valence-corrected chi connectivity index (χ0v) is 12.2. The number of nitrogens with one attached hydrogen (secondary N) is 1. The first-order valence-electron chi connectivity index (χ1n) is 7.34. The van der Waals surface area contributed by atoms with Crippen molar-refractivity contribution in [3.8, 4) is 0 Å². The van der Waals surface area contributed by atoms with Gasteiger partial charge in [0.25, 0.3) is 0 Å². The van der Waals surface area contributed by atoms with E-state index in [1.54, 1.807) is 0 Å². The summed E-state index contributed by atoms with van der Waals surface area (Å²) in [4.78, 5) is 2.34. The Bertz CT molecular complexity index is 206. The Labute approximate surface area is 112 Å². The molecule has 0 aromatic carbocycles. The van der Waals surface area contributed by atoms with Crippen LogP contribution in [-0.4, -0.2) is 61.5 Å². The molecule has 0 radical (unpaired) electrons. The van der Waals surface area contributed by atoms with E-state index in [9.17, 15) is 5.11 Å². The fourth-order valence-electron chi connectivity index (χ4n) is 2.43. The maximum absolute atomic E-state index is 9.95. The third kappa shape index (κ3) is 6.69. The lowest BCUT2D eigenvalue weighted by Crippen LogP contribution is -2.42. The van der Waals surface area contributed by atoms with Gasteiger partial charge in [-0.1, -0.05) is 6.92 Å². The lowest BCUT2D eigenvalue weighted by Gasteiger charge is -2.30. The van der Waals surface area contributed by atoms with Crippen molar-refractivity contribution in [1.29, 1.82) is 0 Å². The van der Waals surface area contributed by atoms with Gasteiger partial charge in [-0.2, -0.15) is 0 Å². The Kier molecular flexibility index (Phi) is 7.82. The molecule has 108 valence electrons. The van der Waals surface area contributed by atoms with Gasteiger partial charge in [0, 0.05) is 13.1 Å². The van der Waals surface area contributed by atoms with Crippen LogP contribution in [0.1, 0.15) is 33.6 Å². The van der Waals surface area contributed by atoms with E-state index in [1.165, 1.54) is 12.8 Å². The quantitative estimate of drug-likeness (QED) is 0.684. The molecule has 0 bridgehead atoms. The summed E-state index contributed by atoms with van der Waals surface area (Å²) in [6.07, 6.45) is 2.41. The summed E-state index contributed by atoms with van der Waals surface area (Å²) in [6, 6.07) is 0. The number of ether oxygens (including phenoxy) is 1. The van der Waals surface area contributed by atoms with Crippen molar-refractivity contribution in [2.45, 2.75) is 45.8 Å². The maximum Gasteiger partial charge on any atom is 0.0900 e. The largest absolute Gasteiger partial charge is 0.389 e. The third-order valence-electron chi connectivity index (χ3n) is 3.45. The molecule has 0 aromatic rings. The van der Waals surface area contributed by atoms with Gasteiger partial charge in [-0.25, -0.2) is 0 Å². The van der Waals surface area contributed by atoms with E-state index in [4.69, 9.17) is 4.74 Å². The number of aliphatic hydroxyl groups excluding tert-OH is 1. The molecular formula is C14H30N2O2. The van der Waals surface area contributed by atoms with Crippen LogP contribution in [0.2, 0.25) is 0 Å². The van der Waals surface area contributed by atoms with Gasteiger partial charge < -0.3 is 20.1 Å². The second-order valence-corrected chi connectivity index (χ2v) is 5.60. The zero-order valence-electron chi connectivity index (χ0n) is 12.2. The van der Waals surface area contributed by atoms with E-state index < -0.39 is 0 Å². The molecule has 1 rings (SSSR count). The van der Waals surface area contributed by atoms with Crippen LogP contribution in [0.5, 0.6) is 0 Å². The molecule has 4 nitrogen and oxygen atoms in total. The van der Waals surface area contributed by atoms with E-state index in [1.807, 2.05) is 13.8 Å². The smallest absolute Gasteiger partial charge is 0.0900 e. The van der Waals surface area contributed by atoms with Gasteiger partial charge in [0.2, 0.25) is 0 Å². The molecule has 1 aliphatic rings. The number of nitrogens with zero attached hydrogens (tertiary/aromatic N) is 1. The summed E-state index contributed by atoms with van der Waals surface area (Å²) >= 11 is 0. The van der Waals surface area contributed by atoms with Crippen molar-refractivity contribution in [2.24, 2.45) is 5.92 Å². The Morgan fingerprint density at radius 3 is 2.78 bits per heavy atom. The molecule has 0 aromatic heterocycles. The molecule has 1 aliphatic heterocycles. The van der Waals surface area contributed by atoms with Crippen molar-refractivity contribution in [3.63, 3.8) is 0 Å². The number of rotatable bonds is 8. The average Bonchev–Trinajstić information content (AvgIpc) is 2.37. The normalized spacial score (nSPS) is 22.7. The lowest BCUT2D eigenvalue weighted by atomic mass is 9.99. The number of piperidine rings is 1. The summed E-state index contributed by atoms with van der Waals surface area (Å²) in [5, 5.41) is 13.4. The van der Waals surface area contributed by atoms with Crippen LogP contribution in [0, 0.1) is 5.92 Å². The molecule has 0 saturated carbocycles. The fraction of sp³-hybridized carbons (Fsp3) is 1.00. The Balaban J connectivity index is 2.22. The molecule has 0 spiro atoms. The van der Waals surface area contributed by atoms with E-state index in [0.29, 0.717) is 6.61 Å². The van der Waals surface area contributed by atoms with E-state index >= 15 is 0 Å². The van der Waals surface area contributed by atoms with Crippen molar-refractivity contribution in [3.05, 3.63) is 0 Å². The van der Waals surface area contributed by atoms with Crippen LogP contribution in [0.25, 0.3) is 0 Å². The minimum absolute atomic E-state index is 0.192. The summed E-state index contributed by atoms with van der Waals surface area (Å²) in [5.41, 5.74) is 0. The second kappa shape index (κ2) is 8.86. The van der Waals surface area contributed by atoms with E-state index in [-0.39, 0.29) is 12.2 Å². The summed E-state index contributed by atoms with van der Waals surface area (Å²) in [7, 11) is 0. The topological polar surface area (TPSA) is 44.7 Å². The van der Waals surface area contributed by atoms with Gasteiger partial charge in [0.1, 0.15) is 0 Å². The highest BCUT2D eigenvalue weighted by molar-refractivity contribution is 4.74. The van der Waals surface area contributed by atoms with Crippen molar-refractivity contribution < 1.29 is 9.84 Å². The predicted molar refractivity (Wildman–Crippen MR) is 74.8 cm³/mol. The van der Waals surface area contributed by atoms with Gasteiger partial charge in [0.05, 0.1) is 18.8 Å². The first-order valence-corrected chi connectivity index (χ1v) is 7.34.